The monoisotopic (exact) mass is 528 g/mol. The molecule has 9 nitrogen and oxygen atoms in total. The second-order valence-electron chi connectivity index (χ2n) is 9.19. The van der Waals surface area contributed by atoms with Crippen molar-refractivity contribution in [3.8, 4) is 12.3 Å². The second kappa shape index (κ2) is 13.0. The summed E-state index contributed by atoms with van der Waals surface area (Å²) in [5.74, 6) is 3.48. The van der Waals surface area contributed by atoms with Gasteiger partial charge in [0.2, 0.25) is 0 Å². The first-order valence-electron chi connectivity index (χ1n) is 12.9. The number of nitrogens with one attached hydrogen (secondary N) is 1. The van der Waals surface area contributed by atoms with E-state index in [4.69, 9.17) is 15.5 Å². The molecule has 0 spiro atoms. The average Bonchev–Trinajstić information content (AvgIpc) is 3.30. The summed E-state index contributed by atoms with van der Waals surface area (Å²) in [6.07, 6.45) is 8.04. The van der Waals surface area contributed by atoms with Crippen molar-refractivity contribution in [2.24, 2.45) is 0 Å². The average molecular weight is 529 g/mol. The van der Waals surface area contributed by atoms with Gasteiger partial charge in [0.25, 0.3) is 5.56 Å². The fourth-order valence-electron chi connectivity index (χ4n) is 4.23. The van der Waals surface area contributed by atoms with Crippen LogP contribution in [-0.2, 0) is 39.5 Å². The first kappa shape index (κ1) is 28.6. The molecule has 0 radical (unpaired) electrons. The quantitative estimate of drug-likeness (QED) is 0.188. The molecule has 10 heteroatoms. The van der Waals surface area contributed by atoms with Crippen LogP contribution in [0.3, 0.4) is 0 Å². The van der Waals surface area contributed by atoms with Crippen molar-refractivity contribution in [2.45, 2.75) is 72.4 Å². The van der Waals surface area contributed by atoms with Crippen molar-refractivity contribution in [3.63, 3.8) is 0 Å². The van der Waals surface area contributed by atoms with Gasteiger partial charge in [0, 0.05) is 13.0 Å². The Balaban J connectivity index is 1.82. The van der Waals surface area contributed by atoms with Crippen LogP contribution >= 0.6 is 7.60 Å². The highest BCUT2D eigenvalue weighted by molar-refractivity contribution is 7.53. The third kappa shape index (κ3) is 7.10. The first-order chi connectivity index (χ1) is 17.7. The summed E-state index contributed by atoms with van der Waals surface area (Å²) < 4.78 is 25.9. The van der Waals surface area contributed by atoms with E-state index < -0.39 is 18.8 Å². The van der Waals surface area contributed by atoms with Gasteiger partial charge in [-0.2, -0.15) is 0 Å². The number of aromatic nitrogens is 4. The highest BCUT2D eigenvalue weighted by Crippen LogP contribution is 2.48. The van der Waals surface area contributed by atoms with Crippen LogP contribution in [0.25, 0.3) is 11.2 Å². The summed E-state index contributed by atoms with van der Waals surface area (Å²) in [5, 5.41) is 0. The third-order valence-electron chi connectivity index (χ3n) is 6.17. The molecule has 2 heterocycles. The number of aromatic amines is 1. The molecule has 3 rings (SSSR count). The standard InChI is InChI=1S/C27H37N4O5P/c1-6-17-31-26(32)24-25(29-23(28-24)16-13-21-11-14-22(15-12-21)20(4)5)30(27(31)33)18-9-10-19-37(34,35-7-2)36-8-3/h1,11-12,14-15,20H,7-10,13,16-19H2,2-5H3,(H,28,29). The lowest BCUT2D eigenvalue weighted by Gasteiger charge is -2.17. The molecule has 200 valence electrons. The van der Waals surface area contributed by atoms with E-state index in [1.54, 1.807) is 13.8 Å². The Labute approximate surface area is 217 Å². The molecule has 1 N–H and O–H groups in total. The van der Waals surface area contributed by atoms with Gasteiger partial charge in [-0.3, -0.25) is 13.9 Å². The molecule has 37 heavy (non-hydrogen) atoms. The number of unbranched alkanes of at least 4 members (excludes halogenated alkanes) is 1. The molecule has 1 aromatic carbocycles. The van der Waals surface area contributed by atoms with E-state index in [1.165, 1.54) is 15.7 Å². The van der Waals surface area contributed by atoms with Crippen LogP contribution in [-0.4, -0.2) is 38.5 Å². The Bertz CT molecular complexity index is 1390. The molecule has 0 saturated heterocycles. The smallest absolute Gasteiger partial charge is 0.333 e. The number of aryl methyl sites for hydroxylation is 3. The molecule has 0 unspecified atom stereocenters. The fraction of sp³-hybridized carbons (Fsp3) is 0.519. The predicted octanol–water partition coefficient (Wildman–Crippen LogP) is 4.47. The number of rotatable bonds is 14. The molecule has 0 aliphatic rings. The highest BCUT2D eigenvalue weighted by atomic mass is 31.2. The van der Waals surface area contributed by atoms with Gasteiger partial charge in [-0.05, 0) is 50.2 Å². The molecular formula is C27H37N4O5P. The molecule has 0 aliphatic heterocycles. The van der Waals surface area contributed by atoms with Gasteiger partial charge in [-0.1, -0.05) is 44.0 Å². The largest absolute Gasteiger partial charge is 0.336 e. The molecule has 0 aliphatic carbocycles. The second-order valence-corrected chi connectivity index (χ2v) is 11.4. The van der Waals surface area contributed by atoms with Crippen LogP contribution in [0.1, 0.15) is 63.4 Å². The van der Waals surface area contributed by atoms with E-state index in [2.05, 4.69) is 54.0 Å². The minimum atomic E-state index is -3.16. The van der Waals surface area contributed by atoms with E-state index >= 15 is 0 Å². The molecule has 0 bridgehead atoms. The summed E-state index contributed by atoms with van der Waals surface area (Å²) in [5.41, 5.74) is 2.03. The molecule has 0 fully saturated rings. The van der Waals surface area contributed by atoms with Crippen molar-refractivity contribution < 1.29 is 13.6 Å². The Hall–Kier alpha value is -2.92. The van der Waals surface area contributed by atoms with Gasteiger partial charge in [-0.25, -0.2) is 14.3 Å². The number of fused-ring (bicyclic) bond motifs is 1. The van der Waals surface area contributed by atoms with Crippen molar-refractivity contribution in [1.82, 2.24) is 19.1 Å². The Morgan fingerprint density at radius 1 is 1.05 bits per heavy atom. The molecule has 2 aromatic heterocycles. The topological polar surface area (TPSA) is 108 Å². The summed E-state index contributed by atoms with van der Waals surface area (Å²) in [6.45, 7) is 8.62. The maximum atomic E-state index is 13.1. The molecule has 0 saturated carbocycles. The summed E-state index contributed by atoms with van der Waals surface area (Å²) in [6, 6.07) is 8.48. The van der Waals surface area contributed by atoms with E-state index in [0.29, 0.717) is 56.4 Å². The summed E-state index contributed by atoms with van der Waals surface area (Å²) >= 11 is 0. The summed E-state index contributed by atoms with van der Waals surface area (Å²) in [7, 11) is -3.16. The van der Waals surface area contributed by atoms with Crippen LogP contribution in [0.2, 0.25) is 0 Å². The van der Waals surface area contributed by atoms with Crippen molar-refractivity contribution in [3.05, 3.63) is 62.1 Å². The number of nitrogens with zero attached hydrogens (tertiary/aromatic N) is 3. The van der Waals surface area contributed by atoms with Crippen LogP contribution in [0.5, 0.6) is 0 Å². The van der Waals surface area contributed by atoms with E-state index in [1.807, 2.05) is 0 Å². The Kier molecular flexibility index (Phi) is 10.1. The van der Waals surface area contributed by atoms with Gasteiger partial charge in [0.05, 0.1) is 25.9 Å². The normalized spacial score (nSPS) is 11.9. The van der Waals surface area contributed by atoms with E-state index in [-0.39, 0.29) is 18.2 Å². The third-order valence-corrected chi connectivity index (χ3v) is 8.34. The Morgan fingerprint density at radius 3 is 2.32 bits per heavy atom. The van der Waals surface area contributed by atoms with Gasteiger partial charge in [0.15, 0.2) is 5.65 Å². The molecule has 3 aromatic rings. The lowest BCUT2D eigenvalue weighted by Crippen LogP contribution is -2.40. The fourth-order valence-corrected chi connectivity index (χ4v) is 5.96. The molecule has 0 atom stereocenters. The lowest BCUT2D eigenvalue weighted by atomic mass is 10.0. The van der Waals surface area contributed by atoms with E-state index in [9.17, 15) is 14.2 Å². The number of imidazole rings is 1. The van der Waals surface area contributed by atoms with Crippen LogP contribution in [0, 0.1) is 12.3 Å². The van der Waals surface area contributed by atoms with Gasteiger partial charge < -0.3 is 14.0 Å². The predicted molar refractivity (Wildman–Crippen MR) is 146 cm³/mol. The lowest BCUT2D eigenvalue weighted by molar-refractivity contribution is 0.219. The number of terminal acetylenes is 1. The summed E-state index contributed by atoms with van der Waals surface area (Å²) in [4.78, 5) is 33.9. The molecule has 0 amide bonds. The van der Waals surface area contributed by atoms with Crippen LogP contribution in [0.4, 0.5) is 0 Å². The maximum Gasteiger partial charge on any atom is 0.333 e. The van der Waals surface area contributed by atoms with E-state index in [0.717, 1.165) is 11.0 Å². The number of hydrogen-bond acceptors (Lipinski definition) is 6. The molecular weight excluding hydrogens is 491 g/mol. The zero-order valence-corrected chi connectivity index (χ0v) is 23.1. The number of benzene rings is 1. The van der Waals surface area contributed by atoms with Crippen molar-refractivity contribution >= 4 is 18.8 Å². The minimum Gasteiger partial charge on any atom is -0.336 e. The minimum absolute atomic E-state index is 0.131. The van der Waals surface area contributed by atoms with Crippen molar-refractivity contribution in [2.75, 3.05) is 19.4 Å². The van der Waals surface area contributed by atoms with Gasteiger partial charge >= 0.3 is 13.3 Å². The first-order valence-corrected chi connectivity index (χ1v) is 14.6. The van der Waals surface area contributed by atoms with Crippen LogP contribution in [0.15, 0.2) is 33.9 Å². The Morgan fingerprint density at radius 2 is 1.73 bits per heavy atom. The van der Waals surface area contributed by atoms with Crippen LogP contribution < -0.4 is 11.2 Å². The zero-order valence-electron chi connectivity index (χ0n) is 22.2. The number of hydrogen-bond donors (Lipinski definition) is 1. The number of H-pyrrole nitrogens is 1. The van der Waals surface area contributed by atoms with Gasteiger partial charge in [-0.15, -0.1) is 6.42 Å². The zero-order chi connectivity index (χ0) is 27.0. The van der Waals surface area contributed by atoms with Gasteiger partial charge in [0.1, 0.15) is 11.3 Å². The highest BCUT2D eigenvalue weighted by Gasteiger charge is 2.23. The maximum absolute atomic E-state index is 13.1. The van der Waals surface area contributed by atoms with Crippen molar-refractivity contribution in [1.29, 1.82) is 0 Å². The SMILES string of the molecule is C#CCn1c(=O)c2[nH]c(CCc3ccc(C(C)C)cc3)nc2n(CCCCP(=O)(OCC)OCC)c1=O.